The fourth-order valence-corrected chi connectivity index (χ4v) is 2.12. The molecule has 2 rings (SSSR count). The summed E-state index contributed by atoms with van der Waals surface area (Å²) in [6.45, 7) is 2.47. The third kappa shape index (κ3) is 5.48. The zero-order chi connectivity index (χ0) is 16.5. The van der Waals surface area contributed by atoms with Crippen molar-refractivity contribution in [1.29, 1.82) is 10.5 Å². The molecule has 2 aromatic carbocycles. The van der Waals surface area contributed by atoms with E-state index >= 15 is 0 Å². The number of hydrogen-bond acceptors (Lipinski definition) is 3. The second kappa shape index (κ2) is 9.19. The molecule has 0 aromatic heterocycles. The summed E-state index contributed by atoms with van der Waals surface area (Å²) in [7, 11) is 0. The maximum atomic E-state index is 12.6. The minimum Gasteiger partial charge on any atom is -0.492 e. The number of nitrogens with zero attached hydrogens (tertiary/aromatic N) is 2. The van der Waals surface area contributed by atoms with Crippen LogP contribution < -0.4 is 4.74 Å². The normalized spacial score (nSPS) is 9.00. The van der Waals surface area contributed by atoms with E-state index in [0.29, 0.717) is 22.4 Å². The minimum atomic E-state index is -0.489. The number of benzene rings is 2. The van der Waals surface area contributed by atoms with E-state index in [2.05, 4.69) is 37.9 Å². The van der Waals surface area contributed by atoms with Crippen molar-refractivity contribution in [3.63, 3.8) is 0 Å². The molecule has 0 aliphatic heterocycles. The number of hydrogen-bond donors (Lipinski definition) is 0. The van der Waals surface area contributed by atoms with Gasteiger partial charge in [-0.25, -0.2) is 4.39 Å². The molecular weight excluding hydrogens is 415 g/mol. The number of nitriles is 2. The maximum Gasteiger partial charge on any atom is 0.142 e. The Kier molecular flexibility index (Phi) is 7.59. The average molecular weight is 426 g/mol. The molecule has 6 heteroatoms. The van der Waals surface area contributed by atoms with Crippen LogP contribution in [0.25, 0.3) is 0 Å². The molecule has 3 nitrogen and oxygen atoms in total. The van der Waals surface area contributed by atoms with Gasteiger partial charge in [0.1, 0.15) is 23.7 Å². The molecule has 0 aliphatic rings. The fraction of sp³-hybridized carbons (Fsp3) is 0.125. The Balaban J connectivity index is 0.000000224. The van der Waals surface area contributed by atoms with E-state index < -0.39 is 5.82 Å². The van der Waals surface area contributed by atoms with Crippen LogP contribution in [0.5, 0.6) is 5.75 Å². The summed E-state index contributed by atoms with van der Waals surface area (Å²) >= 11 is 6.38. The zero-order valence-electron chi connectivity index (χ0n) is 11.6. The van der Waals surface area contributed by atoms with Gasteiger partial charge >= 0.3 is 0 Å². The minimum absolute atomic E-state index is 0.0724. The van der Waals surface area contributed by atoms with Crippen LogP contribution in [0.2, 0.25) is 0 Å². The average Bonchev–Trinajstić information content (AvgIpc) is 2.49. The molecule has 2 aromatic rings. The monoisotopic (exact) mass is 424 g/mol. The third-order valence-electron chi connectivity index (χ3n) is 2.42. The molecule has 0 atom stereocenters. The first-order valence-electron chi connectivity index (χ1n) is 6.19. The molecule has 0 fully saturated rings. The summed E-state index contributed by atoms with van der Waals surface area (Å²) in [4.78, 5) is 0. The van der Waals surface area contributed by atoms with Gasteiger partial charge in [0.2, 0.25) is 0 Å². The van der Waals surface area contributed by atoms with Crippen LogP contribution >= 0.6 is 31.9 Å². The first-order valence-corrected chi connectivity index (χ1v) is 7.78. The first kappa shape index (κ1) is 18.2. The molecule has 0 bridgehead atoms. The standard InChI is InChI=1S/C9H8BrNO.C7H3BrFN/c1-2-12-9-5-8(10)4-3-7(9)6-11;8-6-2-1-5(4-10)7(9)3-6/h3-5H,2H2,1H3;1-3H. The lowest BCUT2D eigenvalue weighted by molar-refractivity contribution is 0.339. The molecule has 22 heavy (non-hydrogen) atoms. The Morgan fingerprint density at radius 1 is 1.00 bits per heavy atom. The quantitative estimate of drug-likeness (QED) is 0.665. The van der Waals surface area contributed by atoms with Gasteiger partial charge in [-0.3, -0.25) is 0 Å². The zero-order valence-corrected chi connectivity index (χ0v) is 14.8. The third-order valence-corrected chi connectivity index (χ3v) is 3.40. The van der Waals surface area contributed by atoms with Crippen LogP contribution in [-0.4, -0.2) is 6.61 Å². The predicted molar refractivity (Wildman–Crippen MR) is 88.8 cm³/mol. The van der Waals surface area contributed by atoms with E-state index in [1.807, 2.05) is 13.0 Å². The summed E-state index contributed by atoms with van der Waals surface area (Å²) in [6.07, 6.45) is 0. The summed E-state index contributed by atoms with van der Waals surface area (Å²) < 4.78 is 19.4. The molecule has 0 saturated heterocycles. The lowest BCUT2D eigenvalue weighted by Gasteiger charge is -2.04. The number of ether oxygens (including phenoxy) is 1. The van der Waals surface area contributed by atoms with Crippen molar-refractivity contribution >= 4 is 31.9 Å². The largest absolute Gasteiger partial charge is 0.492 e. The predicted octanol–water partition coefficient (Wildman–Crippen LogP) is 5.18. The Morgan fingerprint density at radius 3 is 2.05 bits per heavy atom. The molecule has 0 amide bonds. The van der Waals surface area contributed by atoms with Crippen molar-refractivity contribution in [1.82, 2.24) is 0 Å². The summed E-state index contributed by atoms with van der Waals surface area (Å²) in [5.41, 5.74) is 0.642. The van der Waals surface area contributed by atoms with Crippen molar-refractivity contribution in [3.8, 4) is 17.9 Å². The molecule has 0 N–H and O–H groups in total. The second-order valence-electron chi connectivity index (χ2n) is 3.92. The van der Waals surface area contributed by atoms with Crippen LogP contribution in [0.4, 0.5) is 4.39 Å². The molecule has 0 heterocycles. The van der Waals surface area contributed by atoms with Crippen molar-refractivity contribution in [2.75, 3.05) is 6.61 Å². The van der Waals surface area contributed by atoms with Crippen LogP contribution in [0.1, 0.15) is 18.1 Å². The number of rotatable bonds is 2. The van der Waals surface area contributed by atoms with Gasteiger partial charge in [0.15, 0.2) is 0 Å². The molecule has 0 unspecified atom stereocenters. The van der Waals surface area contributed by atoms with Gasteiger partial charge in [-0.15, -0.1) is 0 Å². The van der Waals surface area contributed by atoms with Crippen molar-refractivity contribution in [2.24, 2.45) is 0 Å². The van der Waals surface area contributed by atoms with Crippen molar-refractivity contribution < 1.29 is 9.13 Å². The highest BCUT2D eigenvalue weighted by molar-refractivity contribution is 9.10. The summed E-state index contributed by atoms with van der Waals surface area (Å²) in [5, 5.41) is 17.0. The van der Waals surface area contributed by atoms with Crippen molar-refractivity contribution in [3.05, 3.63) is 62.3 Å². The van der Waals surface area contributed by atoms with E-state index in [4.69, 9.17) is 15.3 Å². The lowest BCUT2D eigenvalue weighted by Crippen LogP contribution is -1.93. The Bertz CT molecular complexity index is 736. The summed E-state index contributed by atoms with van der Waals surface area (Å²) in [5.74, 6) is 0.145. The van der Waals surface area contributed by atoms with E-state index in [0.717, 1.165) is 4.47 Å². The van der Waals surface area contributed by atoms with Gasteiger partial charge in [0.05, 0.1) is 17.7 Å². The van der Waals surface area contributed by atoms with E-state index in [-0.39, 0.29) is 5.56 Å². The highest BCUT2D eigenvalue weighted by Crippen LogP contribution is 2.22. The van der Waals surface area contributed by atoms with E-state index in [9.17, 15) is 4.39 Å². The van der Waals surface area contributed by atoms with Gasteiger partial charge in [-0.05, 0) is 43.3 Å². The van der Waals surface area contributed by atoms with E-state index in [1.54, 1.807) is 24.3 Å². The van der Waals surface area contributed by atoms with Gasteiger partial charge in [-0.1, -0.05) is 31.9 Å². The van der Waals surface area contributed by atoms with Crippen LogP contribution in [-0.2, 0) is 0 Å². The molecule has 112 valence electrons. The molecule has 0 saturated carbocycles. The highest BCUT2D eigenvalue weighted by Gasteiger charge is 2.02. The fourth-order valence-electron chi connectivity index (χ4n) is 1.44. The van der Waals surface area contributed by atoms with Gasteiger partial charge < -0.3 is 4.74 Å². The van der Waals surface area contributed by atoms with Crippen LogP contribution in [0.15, 0.2) is 45.3 Å². The van der Waals surface area contributed by atoms with Crippen molar-refractivity contribution in [2.45, 2.75) is 6.92 Å². The van der Waals surface area contributed by atoms with Gasteiger partial charge in [0, 0.05) is 8.95 Å². The lowest BCUT2D eigenvalue weighted by atomic mass is 10.2. The van der Waals surface area contributed by atoms with Crippen LogP contribution in [0.3, 0.4) is 0 Å². The highest BCUT2D eigenvalue weighted by atomic mass is 79.9. The van der Waals surface area contributed by atoms with E-state index in [1.165, 1.54) is 12.1 Å². The molecule has 0 radical (unpaired) electrons. The van der Waals surface area contributed by atoms with Crippen LogP contribution in [0, 0.1) is 28.5 Å². The first-order chi connectivity index (χ1) is 10.5. The SMILES string of the molecule is CCOc1cc(Br)ccc1C#N.N#Cc1ccc(Br)cc1F. The maximum absolute atomic E-state index is 12.6. The molecule has 0 spiro atoms. The number of halogens is 3. The molecular formula is C16H11Br2FN2O. The Morgan fingerprint density at radius 2 is 1.55 bits per heavy atom. The van der Waals surface area contributed by atoms with Gasteiger partial charge in [-0.2, -0.15) is 10.5 Å². The topological polar surface area (TPSA) is 56.8 Å². The molecule has 0 aliphatic carbocycles. The Labute approximate surface area is 145 Å². The summed E-state index contributed by atoms with van der Waals surface area (Å²) in [6, 6.07) is 13.5. The van der Waals surface area contributed by atoms with Gasteiger partial charge in [0.25, 0.3) is 0 Å². The second-order valence-corrected chi connectivity index (χ2v) is 5.75. The Hall–Kier alpha value is -1.89. The smallest absolute Gasteiger partial charge is 0.142 e.